The topological polar surface area (TPSA) is 41.6 Å². The zero-order valence-electron chi connectivity index (χ0n) is 10.3. The Kier molecular flexibility index (Phi) is 3.06. The van der Waals surface area contributed by atoms with Crippen LogP contribution in [-0.2, 0) is 6.18 Å². The molecule has 0 aliphatic carbocycles. The number of aromatic nitrogens is 2. The molecule has 3 nitrogen and oxygen atoms in total. The van der Waals surface area contributed by atoms with Crippen molar-refractivity contribution in [2.75, 3.05) is 0 Å². The first kappa shape index (κ1) is 13.1. The van der Waals surface area contributed by atoms with E-state index in [-0.39, 0.29) is 0 Å². The van der Waals surface area contributed by atoms with Gasteiger partial charge in [-0.25, -0.2) is 4.98 Å². The summed E-state index contributed by atoms with van der Waals surface area (Å²) in [4.78, 5) is 4.08. The van der Waals surface area contributed by atoms with Crippen molar-refractivity contribution in [2.24, 2.45) is 0 Å². The van der Waals surface area contributed by atoms with Crippen LogP contribution >= 0.6 is 0 Å². The number of hydrogen-bond acceptors (Lipinski definition) is 2. The third-order valence-corrected chi connectivity index (χ3v) is 2.96. The molecule has 0 saturated heterocycles. The van der Waals surface area contributed by atoms with Crippen LogP contribution in [0.2, 0.25) is 0 Å². The molecule has 0 spiro atoms. The van der Waals surface area contributed by atoms with E-state index in [1.807, 2.05) is 6.92 Å². The third-order valence-electron chi connectivity index (χ3n) is 2.96. The van der Waals surface area contributed by atoms with Crippen LogP contribution in [0.4, 0.5) is 13.2 Å². The second-order valence-corrected chi connectivity index (χ2v) is 4.12. The number of hydrogen-bond donors (Lipinski definition) is 0. The summed E-state index contributed by atoms with van der Waals surface area (Å²) >= 11 is 0. The van der Waals surface area contributed by atoms with Crippen molar-refractivity contribution < 1.29 is 13.2 Å². The fourth-order valence-corrected chi connectivity index (χ4v) is 1.78. The largest absolute Gasteiger partial charge is 0.417 e. The van der Waals surface area contributed by atoms with E-state index >= 15 is 0 Å². The fraction of sp³-hybridized carbons (Fsp3) is 0.231. The average molecular weight is 265 g/mol. The minimum Gasteiger partial charge on any atom is -0.303 e. The highest BCUT2D eigenvalue weighted by Gasteiger charge is 2.33. The minimum absolute atomic E-state index is 0.393. The highest BCUT2D eigenvalue weighted by Crippen LogP contribution is 2.32. The molecule has 1 aromatic carbocycles. The van der Waals surface area contributed by atoms with Gasteiger partial charge in [-0.05, 0) is 32.0 Å². The zero-order chi connectivity index (χ0) is 14.2. The normalized spacial score (nSPS) is 11.4. The maximum atomic E-state index is 12.7. The predicted octanol–water partition coefficient (Wildman–Crippen LogP) is 3.38. The van der Waals surface area contributed by atoms with Crippen LogP contribution in [0, 0.1) is 25.2 Å². The molecule has 6 heteroatoms. The lowest BCUT2D eigenvalue weighted by Gasteiger charge is -2.11. The van der Waals surface area contributed by atoms with Gasteiger partial charge in [-0.2, -0.15) is 18.4 Å². The van der Waals surface area contributed by atoms with Gasteiger partial charge in [0, 0.05) is 11.4 Å². The lowest BCUT2D eigenvalue weighted by Crippen LogP contribution is -2.08. The Morgan fingerprint density at radius 2 is 1.95 bits per heavy atom. The summed E-state index contributed by atoms with van der Waals surface area (Å²) in [7, 11) is 0. The maximum Gasteiger partial charge on any atom is 0.417 e. The van der Waals surface area contributed by atoms with Crippen LogP contribution in [0.3, 0.4) is 0 Å². The molecule has 1 aromatic heterocycles. The molecule has 2 rings (SSSR count). The first-order valence-corrected chi connectivity index (χ1v) is 5.47. The van der Waals surface area contributed by atoms with Crippen molar-refractivity contribution in [1.29, 1.82) is 5.26 Å². The van der Waals surface area contributed by atoms with Crippen molar-refractivity contribution in [3.05, 3.63) is 47.0 Å². The summed E-state index contributed by atoms with van der Waals surface area (Å²) in [5, 5.41) is 8.85. The van der Waals surface area contributed by atoms with Gasteiger partial charge in [0.1, 0.15) is 0 Å². The van der Waals surface area contributed by atoms with Gasteiger partial charge in [0.15, 0.2) is 0 Å². The van der Waals surface area contributed by atoms with E-state index in [1.165, 1.54) is 18.5 Å². The lowest BCUT2D eigenvalue weighted by molar-refractivity contribution is -0.137. The van der Waals surface area contributed by atoms with Gasteiger partial charge in [-0.15, -0.1) is 0 Å². The molecule has 0 unspecified atom stereocenters. The third kappa shape index (κ3) is 2.32. The van der Waals surface area contributed by atoms with Gasteiger partial charge < -0.3 is 4.57 Å². The Morgan fingerprint density at radius 3 is 2.42 bits per heavy atom. The Balaban J connectivity index is 2.58. The second kappa shape index (κ2) is 4.43. The molecule has 98 valence electrons. The summed E-state index contributed by atoms with van der Waals surface area (Å²) < 4.78 is 39.7. The predicted molar refractivity (Wildman–Crippen MR) is 62.8 cm³/mol. The minimum atomic E-state index is -4.52. The molecule has 0 N–H and O–H groups in total. The van der Waals surface area contributed by atoms with Gasteiger partial charge in [-0.3, -0.25) is 0 Å². The van der Waals surface area contributed by atoms with Crippen LogP contribution in [0.5, 0.6) is 0 Å². The number of halogens is 3. The van der Waals surface area contributed by atoms with Gasteiger partial charge in [0.2, 0.25) is 0 Å². The van der Waals surface area contributed by atoms with Crippen LogP contribution in [0.1, 0.15) is 22.5 Å². The summed E-state index contributed by atoms with van der Waals surface area (Å²) in [5.41, 5.74) is 0.786. The van der Waals surface area contributed by atoms with Crippen LogP contribution in [0.25, 0.3) is 5.69 Å². The molecule has 0 aliphatic heterocycles. The van der Waals surface area contributed by atoms with E-state index in [2.05, 4.69) is 4.98 Å². The quantitative estimate of drug-likeness (QED) is 0.793. The molecule has 2 aromatic rings. The Bertz CT molecular complexity index is 663. The fourth-order valence-electron chi connectivity index (χ4n) is 1.78. The van der Waals surface area contributed by atoms with Crippen LogP contribution in [0.15, 0.2) is 24.5 Å². The summed E-state index contributed by atoms with van der Waals surface area (Å²) in [6.07, 6.45) is -3.00. The van der Waals surface area contributed by atoms with Crippen LogP contribution < -0.4 is 0 Å². The van der Waals surface area contributed by atoms with E-state index in [4.69, 9.17) is 5.26 Å². The first-order valence-electron chi connectivity index (χ1n) is 5.47. The smallest absolute Gasteiger partial charge is 0.303 e. The first-order chi connectivity index (χ1) is 8.84. The van der Waals surface area contributed by atoms with Crippen LogP contribution in [-0.4, -0.2) is 9.55 Å². The Hall–Kier alpha value is -2.29. The van der Waals surface area contributed by atoms with Crippen molar-refractivity contribution >= 4 is 0 Å². The van der Waals surface area contributed by atoms with E-state index in [0.717, 1.165) is 17.5 Å². The van der Waals surface area contributed by atoms with E-state index < -0.39 is 17.3 Å². The van der Waals surface area contributed by atoms with Gasteiger partial charge in [0.05, 0.1) is 29.2 Å². The molecule has 0 radical (unpaired) electrons. The molecule has 19 heavy (non-hydrogen) atoms. The molecule has 1 heterocycles. The summed E-state index contributed by atoms with van der Waals surface area (Å²) in [6.45, 7) is 3.62. The number of imidazole rings is 1. The molecule has 0 aliphatic rings. The Labute approximate surface area is 107 Å². The van der Waals surface area contributed by atoms with E-state index in [9.17, 15) is 13.2 Å². The summed E-state index contributed by atoms with van der Waals surface area (Å²) in [5.74, 6) is 0. The SMILES string of the molecule is Cc1ncn(-c2ccc(C(F)(F)F)c(C#N)c2)c1C. The molecule has 0 atom stereocenters. The number of nitriles is 1. The summed E-state index contributed by atoms with van der Waals surface area (Å²) in [6, 6.07) is 5.05. The maximum absolute atomic E-state index is 12.7. The van der Waals surface area contributed by atoms with Crippen molar-refractivity contribution in [1.82, 2.24) is 9.55 Å². The number of rotatable bonds is 1. The number of alkyl halides is 3. The monoisotopic (exact) mass is 265 g/mol. The molecule has 0 amide bonds. The molecule has 0 bridgehead atoms. The molecular weight excluding hydrogens is 255 g/mol. The number of nitrogens with zero attached hydrogens (tertiary/aromatic N) is 3. The average Bonchev–Trinajstić information content (AvgIpc) is 2.68. The molecule has 0 saturated carbocycles. The lowest BCUT2D eigenvalue weighted by atomic mass is 10.1. The zero-order valence-corrected chi connectivity index (χ0v) is 10.3. The van der Waals surface area contributed by atoms with Gasteiger partial charge >= 0.3 is 6.18 Å². The van der Waals surface area contributed by atoms with Crippen molar-refractivity contribution in [3.63, 3.8) is 0 Å². The van der Waals surface area contributed by atoms with Gasteiger partial charge in [0.25, 0.3) is 0 Å². The van der Waals surface area contributed by atoms with Gasteiger partial charge in [-0.1, -0.05) is 0 Å². The van der Waals surface area contributed by atoms with E-state index in [1.54, 1.807) is 17.6 Å². The van der Waals surface area contributed by atoms with Crippen molar-refractivity contribution in [3.8, 4) is 11.8 Å². The second-order valence-electron chi connectivity index (χ2n) is 4.12. The standard InChI is InChI=1S/C13H10F3N3/c1-8-9(2)19(7-18-8)11-3-4-12(13(14,15)16)10(5-11)6-17/h3-5,7H,1-2H3. The number of aryl methyl sites for hydroxylation is 1. The Morgan fingerprint density at radius 1 is 1.26 bits per heavy atom. The van der Waals surface area contributed by atoms with Crippen molar-refractivity contribution in [2.45, 2.75) is 20.0 Å². The van der Waals surface area contributed by atoms with E-state index in [0.29, 0.717) is 5.69 Å². The molecular formula is C13H10F3N3. The molecule has 0 fully saturated rings. The highest BCUT2D eigenvalue weighted by atomic mass is 19.4. The number of benzene rings is 1. The highest BCUT2D eigenvalue weighted by molar-refractivity contribution is 5.48.